The number of amides is 2. The topological polar surface area (TPSA) is 80.5 Å². The number of non-ortho nitro benzene ring substituents is 1. The number of carbonyl (C=O) groups excluding carboxylic acids is 2. The summed E-state index contributed by atoms with van der Waals surface area (Å²) in [6.07, 6.45) is 0. The summed E-state index contributed by atoms with van der Waals surface area (Å²) in [6.45, 7) is 1.60. The fourth-order valence-electron chi connectivity index (χ4n) is 2.52. The molecule has 0 aromatic heterocycles. The highest BCUT2D eigenvalue weighted by Gasteiger charge is 2.43. The Hall–Kier alpha value is -1.86. The van der Waals surface area contributed by atoms with Crippen molar-refractivity contribution in [2.45, 2.75) is 6.92 Å². The average Bonchev–Trinajstić information content (AvgIpc) is 2.82. The molecule has 0 bridgehead atoms. The van der Waals surface area contributed by atoms with Gasteiger partial charge in [-0.15, -0.1) is 0 Å². The number of benzene rings is 2. The molecule has 2 aromatic carbocycles. The van der Waals surface area contributed by atoms with Crippen molar-refractivity contribution in [1.82, 2.24) is 0 Å². The molecular formula is C15H6Cl4N2O4. The summed E-state index contributed by atoms with van der Waals surface area (Å²) in [6, 6.07) is 3.83. The maximum atomic E-state index is 12.8. The van der Waals surface area contributed by atoms with Crippen LogP contribution in [0.3, 0.4) is 0 Å². The lowest BCUT2D eigenvalue weighted by Gasteiger charge is -2.16. The van der Waals surface area contributed by atoms with E-state index in [0.717, 1.165) is 11.0 Å². The molecule has 0 aliphatic carbocycles. The second kappa shape index (κ2) is 6.14. The predicted octanol–water partition coefficient (Wildman–Crippen LogP) is 5.32. The number of hydrogen-bond donors (Lipinski definition) is 0. The first-order valence-corrected chi connectivity index (χ1v) is 8.17. The van der Waals surface area contributed by atoms with Gasteiger partial charge in [0.1, 0.15) is 0 Å². The molecule has 0 N–H and O–H groups in total. The Morgan fingerprint density at radius 3 is 1.84 bits per heavy atom. The fourth-order valence-corrected chi connectivity index (χ4v) is 3.53. The van der Waals surface area contributed by atoms with Gasteiger partial charge in [-0.3, -0.25) is 19.7 Å². The third-order valence-corrected chi connectivity index (χ3v) is 5.55. The third kappa shape index (κ3) is 2.57. The Bertz CT molecular complexity index is 943. The van der Waals surface area contributed by atoms with Crippen LogP contribution in [-0.4, -0.2) is 16.7 Å². The number of nitrogens with zero attached hydrogens (tertiary/aromatic N) is 2. The van der Waals surface area contributed by atoms with Gasteiger partial charge in [0.25, 0.3) is 17.5 Å². The molecule has 2 amide bonds. The largest absolute Gasteiger partial charge is 0.271 e. The molecule has 10 heteroatoms. The van der Waals surface area contributed by atoms with E-state index in [1.165, 1.54) is 12.1 Å². The molecule has 1 heterocycles. The lowest BCUT2D eigenvalue weighted by molar-refractivity contribution is -0.384. The fraction of sp³-hybridized carbons (Fsp3) is 0.0667. The number of anilines is 1. The zero-order valence-corrected chi connectivity index (χ0v) is 15.3. The summed E-state index contributed by atoms with van der Waals surface area (Å²) in [4.78, 5) is 36.7. The van der Waals surface area contributed by atoms with Crippen LogP contribution in [0.4, 0.5) is 11.4 Å². The number of hydrogen-bond acceptors (Lipinski definition) is 4. The molecule has 0 radical (unpaired) electrons. The highest BCUT2D eigenvalue weighted by Crippen LogP contribution is 2.46. The molecule has 6 nitrogen and oxygen atoms in total. The molecule has 2 aromatic rings. The Kier molecular flexibility index (Phi) is 4.41. The maximum Gasteiger partial charge on any atom is 0.271 e. The molecule has 128 valence electrons. The van der Waals surface area contributed by atoms with Gasteiger partial charge in [0.15, 0.2) is 0 Å². The summed E-state index contributed by atoms with van der Waals surface area (Å²) in [7, 11) is 0. The first-order chi connectivity index (χ1) is 11.7. The summed E-state index contributed by atoms with van der Waals surface area (Å²) < 4.78 is 0. The zero-order chi connectivity index (χ0) is 18.6. The molecule has 1 aliphatic heterocycles. The predicted molar refractivity (Wildman–Crippen MR) is 95.5 cm³/mol. The van der Waals surface area contributed by atoms with Crippen LogP contribution in [-0.2, 0) is 0 Å². The van der Waals surface area contributed by atoms with Crippen LogP contribution >= 0.6 is 46.4 Å². The van der Waals surface area contributed by atoms with Gasteiger partial charge in [-0.2, -0.15) is 0 Å². The van der Waals surface area contributed by atoms with E-state index in [0.29, 0.717) is 5.56 Å². The number of carbonyl (C=O) groups is 2. The standard InChI is InChI=1S/C15H6Cl4N2O4/c1-5-2-3-6(21(24)25)4-7(5)20-14(22)8-9(15(20)23)11(17)13(19)12(18)10(8)16/h2-4H,1H3. The van der Waals surface area contributed by atoms with E-state index < -0.39 is 16.7 Å². The van der Waals surface area contributed by atoms with Crippen LogP contribution in [0.15, 0.2) is 18.2 Å². The minimum Gasteiger partial charge on any atom is -0.268 e. The van der Waals surface area contributed by atoms with Crippen LogP contribution < -0.4 is 4.90 Å². The van der Waals surface area contributed by atoms with Crippen LogP contribution in [0.5, 0.6) is 0 Å². The van der Waals surface area contributed by atoms with Crippen molar-refractivity contribution in [2.75, 3.05) is 4.90 Å². The van der Waals surface area contributed by atoms with Gasteiger partial charge in [-0.25, -0.2) is 4.90 Å². The molecule has 0 atom stereocenters. The zero-order valence-electron chi connectivity index (χ0n) is 12.3. The van der Waals surface area contributed by atoms with Crippen molar-refractivity contribution >= 4 is 69.6 Å². The average molecular weight is 420 g/mol. The van der Waals surface area contributed by atoms with Crippen molar-refractivity contribution in [1.29, 1.82) is 0 Å². The Labute approximate surface area is 161 Å². The molecule has 0 spiro atoms. The van der Waals surface area contributed by atoms with E-state index in [9.17, 15) is 19.7 Å². The first kappa shape index (κ1) is 17.9. The van der Waals surface area contributed by atoms with Crippen molar-refractivity contribution in [3.8, 4) is 0 Å². The van der Waals surface area contributed by atoms with E-state index in [2.05, 4.69) is 0 Å². The van der Waals surface area contributed by atoms with E-state index in [4.69, 9.17) is 46.4 Å². The number of rotatable bonds is 2. The molecule has 1 aliphatic rings. The Morgan fingerprint density at radius 1 is 0.920 bits per heavy atom. The number of imide groups is 1. The minimum atomic E-state index is -0.783. The second-order valence-electron chi connectivity index (χ2n) is 5.18. The Morgan fingerprint density at radius 2 is 1.40 bits per heavy atom. The van der Waals surface area contributed by atoms with Gasteiger partial charge < -0.3 is 0 Å². The molecule has 0 saturated heterocycles. The van der Waals surface area contributed by atoms with E-state index in [-0.39, 0.29) is 42.6 Å². The van der Waals surface area contributed by atoms with Gasteiger partial charge >= 0.3 is 0 Å². The lowest BCUT2D eigenvalue weighted by atomic mass is 10.1. The molecule has 3 rings (SSSR count). The summed E-state index contributed by atoms with van der Waals surface area (Å²) >= 11 is 24.0. The summed E-state index contributed by atoms with van der Waals surface area (Å²) in [5.41, 5.74) is -0.108. The van der Waals surface area contributed by atoms with Crippen LogP contribution in [0, 0.1) is 17.0 Å². The van der Waals surface area contributed by atoms with Crippen molar-refractivity contribution in [2.24, 2.45) is 0 Å². The molecular weight excluding hydrogens is 414 g/mol. The molecule has 0 saturated carbocycles. The smallest absolute Gasteiger partial charge is 0.268 e. The normalized spacial score (nSPS) is 13.4. The Balaban J connectivity index is 2.26. The van der Waals surface area contributed by atoms with Crippen LogP contribution in [0.25, 0.3) is 0 Å². The van der Waals surface area contributed by atoms with Gasteiger partial charge in [-0.1, -0.05) is 52.5 Å². The van der Waals surface area contributed by atoms with E-state index >= 15 is 0 Å². The first-order valence-electron chi connectivity index (χ1n) is 6.66. The monoisotopic (exact) mass is 418 g/mol. The lowest BCUT2D eigenvalue weighted by Crippen LogP contribution is -2.30. The summed E-state index contributed by atoms with van der Waals surface area (Å²) in [5.74, 6) is -1.57. The number of fused-ring (bicyclic) bond motifs is 1. The van der Waals surface area contributed by atoms with Gasteiger partial charge in [0.2, 0.25) is 0 Å². The number of nitro benzene ring substituents is 1. The van der Waals surface area contributed by atoms with Gasteiger partial charge in [0, 0.05) is 12.1 Å². The van der Waals surface area contributed by atoms with E-state index in [1.54, 1.807) is 6.92 Å². The number of halogens is 4. The maximum absolute atomic E-state index is 12.8. The molecule has 25 heavy (non-hydrogen) atoms. The van der Waals surface area contributed by atoms with Crippen molar-refractivity contribution in [3.05, 3.63) is 65.1 Å². The number of aryl methyl sites for hydroxylation is 1. The second-order valence-corrected chi connectivity index (χ2v) is 6.69. The van der Waals surface area contributed by atoms with Gasteiger partial charge in [0.05, 0.1) is 41.8 Å². The minimum absolute atomic E-state index is 0.0554. The third-order valence-electron chi connectivity index (χ3n) is 3.75. The number of nitro groups is 1. The van der Waals surface area contributed by atoms with Crippen molar-refractivity contribution in [3.63, 3.8) is 0 Å². The SMILES string of the molecule is Cc1ccc([N+](=O)[O-])cc1N1C(=O)c2c(Cl)c(Cl)c(Cl)c(Cl)c2C1=O. The highest BCUT2D eigenvalue weighted by atomic mass is 35.5. The molecule has 0 fully saturated rings. The van der Waals surface area contributed by atoms with Crippen molar-refractivity contribution < 1.29 is 14.5 Å². The van der Waals surface area contributed by atoms with Crippen LogP contribution in [0.1, 0.15) is 26.3 Å². The van der Waals surface area contributed by atoms with Crippen LogP contribution in [0.2, 0.25) is 20.1 Å². The molecule has 0 unspecified atom stereocenters. The summed E-state index contributed by atoms with van der Waals surface area (Å²) in [5, 5.41) is 10.3. The quantitative estimate of drug-likeness (QED) is 0.217. The van der Waals surface area contributed by atoms with E-state index in [1.807, 2.05) is 0 Å². The highest BCUT2D eigenvalue weighted by molar-refractivity contribution is 6.56. The van der Waals surface area contributed by atoms with Gasteiger partial charge in [-0.05, 0) is 12.5 Å².